The van der Waals surface area contributed by atoms with Gasteiger partial charge in [-0.05, 0) is 69.0 Å². The second-order valence-corrected chi connectivity index (χ2v) is 8.75. The summed E-state index contributed by atoms with van der Waals surface area (Å²) in [7, 11) is 0. The fraction of sp³-hybridized carbons (Fsp3) is 0.348. The van der Waals surface area contributed by atoms with Crippen LogP contribution in [-0.2, 0) is 4.74 Å². The fourth-order valence-corrected chi connectivity index (χ4v) is 3.74. The van der Waals surface area contributed by atoms with E-state index in [0.717, 1.165) is 5.56 Å². The van der Waals surface area contributed by atoms with Gasteiger partial charge >= 0.3 is 6.09 Å². The number of pyridine rings is 1. The second kappa shape index (κ2) is 7.37. The van der Waals surface area contributed by atoms with Crippen LogP contribution in [-0.4, -0.2) is 44.3 Å². The van der Waals surface area contributed by atoms with Gasteiger partial charge < -0.3 is 10.5 Å². The maximum absolute atomic E-state index is 14.0. The van der Waals surface area contributed by atoms with E-state index in [1.807, 2.05) is 12.1 Å². The van der Waals surface area contributed by atoms with Crippen molar-refractivity contribution >= 4 is 23.3 Å². The molecule has 1 fully saturated rings. The Morgan fingerprint density at radius 3 is 2.61 bits per heavy atom. The molecule has 4 rings (SSSR count). The summed E-state index contributed by atoms with van der Waals surface area (Å²) < 4.78 is 21.1. The largest absolute Gasteiger partial charge is 0.444 e. The molecule has 1 saturated heterocycles. The van der Waals surface area contributed by atoms with E-state index in [0.29, 0.717) is 29.7 Å². The number of fused-ring (bicyclic) bond motifs is 1. The molecule has 3 aromatic rings. The van der Waals surface area contributed by atoms with Gasteiger partial charge in [-0.3, -0.25) is 14.1 Å². The predicted octanol–water partition coefficient (Wildman–Crippen LogP) is 4.22. The lowest BCUT2D eigenvalue weighted by molar-refractivity contribution is -0.00279. The van der Waals surface area contributed by atoms with Crippen LogP contribution >= 0.6 is 0 Å². The van der Waals surface area contributed by atoms with Gasteiger partial charge in [0.05, 0.1) is 0 Å². The maximum Gasteiger partial charge on any atom is 0.410 e. The van der Waals surface area contributed by atoms with E-state index >= 15 is 0 Å². The van der Waals surface area contributed by atoms with Crippen LogP contribution in [0.3, 0.4) is 0 Å². The number of benzene rings is 1. The first kappa shape index (κ1) is 20.8. The fourth-order valence-electron chi connectivity index (χ4n) is 3.74. The predicted molar refractivity (Wildman–Crippen MR) is 115 cm³/mol. The minimum atomic E-state index is -0.656. The molecule has 0 saturated carbocycles. The molecule has 0 spiro atoms. The van der Waals surface area contributed by atoms with E-state index in [1.54, 1.807) is 50.4 Å². The third-order valence-electron chi connectivity index (χ3n) is 5.41. The number of nitrogen functional groups attached to an aromatic ring is 1. The molecule has 3 heterocycles. The summed E-state index contributed by atoms with van der Waals surface area (Å²) in [6.45, 7) is 7.48. The van der Waals surface area contributed by atoms with Crippen molar-refractivity contribution in [3.8, 4) is 11.1 Å². The van der Waals surface area contributed by atoms with Crippen LogP contribution in [0.4, 0.5) is 15.0 Å². The number of hydrogen-bond acceptors (Lipinski definition) is 5. The number of amides is 1. The summed E-state index contributed by atoms with van der Waals surface area (Å²) in [4.78, 5) is 31.5. The summed E-state index contributed by atoms with van der Waals surface area (Å²) in [5.41, 5.74) is 8.11. The average Bonchev–Trinajstić information content (AvgIpc) is 2.96. The Bertz CT molecular complexity index is 1200. The smallest absolute Gasteiger partial charge is 0.410 e. The van der Waals surface area contributed by atoms with Gasteiger partial charge in [-0.2, -0.15) is 0 Å². The number of halogens is 1. The third-order valence-corrected chi connectivity index (χ3v) is 5.41. The minimum Gasteiger partial charge on any atom is -0.444 e. The molecule has 162 valence electrons. The van der Waals surface area contributed by atoms with Gasteiger partial charge in [-0.1, -0.05) is 12.1 Å². The molecule has 1 atom stereocenters. The number of hydrogen-bond donors (Lipinski definition) is 1. The molecule has 0 aliphatic carbocycles. The number of carbonyl (C=O) groups is 2. The Hall–Kier alpha value is -3.42. The summed E-state index contributed by atoms with van der Waals surface area (Å²) in [6.07, 6.45) is 1.72. The number of imidazole rings is 1. The zero-order valence-corrected chi connectivity index (χ0v) is 18.0. The highest BCUT2D eigenvalue weighted by Crippen LogP contribution is 2.30. The Morgan fingerprint density at radius 2 is 1.97 bits per heavy atom. The topological polar surface area (TPSA) is 89.9 Å². The van der Waals surface area contributed by atoms with Crippen molar-refractivity contribution in [2.45, 2.75) is 45.8 Å². The van der Waals surface area contributed by atoms with Gasteiger partial charge in [0.15, 0.2) is 5.82 Å². The lowest BCUT2D eigenvalue weighted by Crippen LogP contribution is -2.56. The van der Waals surface area contributed by atoms with Crippen LogP contribution in [0.5, 0.6) is 0 Å². The lowest BCUT2D eigenvalue weighted by atomic mass is 9.97. The van der Waals surface area contributed by atoms with Crippen molar-refractivity contribution in [2.75, 3.05) is 12.3 Å². The molecule has 7 nitrogen and oxygen atoms in total. The number of nitrogens with two attached hydrogens (primary N) is 1. The number of ketones is 1. The first-order chi connectivity index (χ1) is 14.6. The van der Waals surface area contributed by atoms with Gasteiger partial charge in [0.2, 0.25) is 5.78 Å². The third kappa shape index (κ3) is 3.73. The van der Waals surface area contributed by atoms with E-state index in [-0.39, 0.29) is 23.1 Å². The van der Waals surface area contributed by atoms with E-state index in [4.69, 9.17) is 10.5 Å². The van der Waals surface area contributed by atoms with Crippen LogP contribution in [0.2, 0.25) is 0 Å². The highest BCUT2D eigenvalue weighted by Gasteiger charge is 2.41. The molecule has 31 heavy (non-hydrogen) atoms. The first-order valence-corrected chi connectivity index (χ1v) is 10.1. The van der Waals surface area contributed by atoms with Gasteiger partial charge in [0, 0.05) is 12.7 Å². The number of ether oxygens (including phenoxy) is 1. The van der Waals surface area contributed by atoms with E-state index < -0.39 is 17.7 Å². The highest BCUT2D eigenvalue weighted by molar-refractivity contribution is 6.05. The number of carbonyl (C=O) groups excluding carboxylic acids is 2. The Balaban J connectivity index is 1.71. The zero-order chi connectivity index (χ0) is 22.5. The van der Waals surface area contributed by atoms with Crippen molar-refractivity contribution < 1.29 is 18.7 Å². The van der Waals surface area contributed by atoms with E-state index in [2.05, 4.69) is 4.98 Å². The first-order valence-electron chi connectivity index (χ1n) is 10.1. The number of anilines is 1. The summed E-state index contributed by atoms with van der Waals surface area (Å²) in [6, 6.07) is 7.76. The molecule has 1 aromatic carbocycles. The van der Waals surface area contributed by atoms with Gasteiger partial charge in [-0.15, -0.1) is 0 Å². The second-order valence-electron chi connectivity index (χ2n) is 8.75. The Morgan fingerprint density at radius 1 is 1.23 bits per heavy atom. The van der Waals surface area contributed by atoms with Crippen LogP contribution in [0, 0.1) is 12.7 Å². The molecular formula is C23H25FN4O3. The lowest BCUT2D eigenvalue weighted by Gasteiger charge is -2.40. The SMILES string of the molecule is Cc1c(F)cccc1-c1ccc2nc(N)c(C(=O)C3CCN3C(=O)OC(C)(C)C)n2c1. The molecule has 0 bridgehead atoms. The summed E-state index contributed by atoms with van der Waals surface area (Å²) in [5.74, 6) is -0.508. The molecule has 8 heteroatoms. The van der Waals surface area contributed by atoms with E-state index in [1.165, 1.54) is 11.0 Å². The molecule has 2 aromatic heterocycles. The monoisotopic (exact) mass is 424 g/mol. The molecule has 1 aliphatic rings. The summed E-state index contributed by atoms with van der Waals surface area (Å²) >= 11 is 0. The quantitative estimate of drug-likeness (QED) is 0.636. The highest BCUT2D eigenvalue weighted by atomic mass is 19.1. The number of Topliss-reactive ketones (excluding diaryl/α,β-unsaturated/α-hetero) is 1. The maximum atomic E-state index is 14.0. The van der Waals surface area contributed by atoms with Crippen LogP contribution in [0.25, 0.3) is 16.8 Å². The van der Waals surface area contributed by atoms with Crippen LogP contribution in [0.1, 0.15) is 43.2 Å². The number of nitrogens with zero attached hydrogens (tertiary/aromatic N) is 3. The minimum absolute atomic E-state index is 0.0918. The average molecular weight is 424 g/mol. The van der Waals surface area contributed by atoms with Gasteiger partial charge in [-0.25, -0.2) is 14.2 Å². The molecule has 0 radical (unpaired) electrons. The van der Waals surface area contributed by atoms with Crippen molar-refractivity contribution in [3.63, 3.8) is 0 Å². The van der Waals surface area contributed by atoms with E-state index in [9.17, 15) is 14.0 Å². The molecule has 1 unspecified atom stereocenters. The van der Waals surface area contributed by atoms with Crippen LogP contribution < -0.4 is 5.73 Å². The number of likely N-dealkylation sites (tertiary alicyclic amines) is 1. The molecule has 1 amide bonds. The standard InChI is InChI=1S/C23H25FN4O3/c1-13-15(6-5-7-16(13)24)14-8-9-18-26-21(25)19(28(18)12-14)20(29)17-10-11-27(17)22(30)31-23(2,3)4/h5-9,12,17H,10-11,25H2,1-4H3. The van der Waals surface area contributed by atoms with Crippen molar-refractivity contribution in [3.05, 3.63) is 53.6 Å². The van der Waals surface area contributed by atoms with Gasteiger partial charge in [0.1, 0.15) is 28.8 Å². The molecule has 1 aliphatic heterocycles. The normalized spacial score (nSPS) is 16.3. The number of rotatable bonds is 3. The molecule has 2 N–H and O–H groups in total. The molecular weight excluding hydrogens is 399 g/mol. The van der Waals surface area contributed by atoms with Crippen molar-refractivity contribution in [2.24, 2.45) is 0 Å². The van der Waals surface area contributed by atoms with Crippen molar-refractivity contribution in [1.82, 2.24) is 14.3 Å². The summed E-state index contributed by atoms with van der Waals surface area (Å²) in [5, 5.41) is 0. The Labute approximate surface area is 179 Å². The number of aromatic nitrogens is 2. The zero-order valence-electron chi connectivity index (χ0n) is 18.0. The van der Waals surface area contributed by atoms with Gasteiger partial charge in [0.25, 0.3) is 0 Å². The Kier molecular flexibility index (Phi) is 4.95. The van der Waals surface area contributed by atoms with Crippen molar-refractivity contribution in [1.29, 1.82) is 0 Å². The van der Waals surface area contributed by atoms with Crippen LogP contribution in [0.15, 0.2) is 36.5 Å².